The molecule has 0 aliphatic carbocycles. The molecule has 0 amide bonds. The molecule has 1 atom stereocenters. The number of terminal acetylenes is 1. The standard InChI is InChI=1S/C20H28O2/c1-4-6-7-8-9-10-11-12-19(5-2)22-17-18-13-15-20(21-3)16-14-18/h2,11-16,19H,4,6-10,17H2,1,3H3/b12-11-/t19-/m1/s1. The van der Waals surface area contributed by atoms with Crippen molar-refractivity contribution < 1.29 is 9.47 Å². The summed E-state index contributed by atoms with van der Waals surface area (Å²) in [7, 11) is 1.66. The van der Waals surface area contributed by atoms with E-state index in [9.17, 15) is 0 Å². The first-order chi connectivity index (χ1) is 10.8. The minimum absolute atomic E-state index is 0.252. The number of rotatable bonds is 11. The molecule has 2 nitrogen and oxygen atoms in total. The van der Waals surface area contributed by atoms with E-state index in [0.717, 1.165) is 17.7 Å². The minimum atomic E-state index is -0.252. The van der Waals surface area contributed by atoms with Gasteiger partial charge in [-0.1, -0.05) is 56.7 Å². The van der Waals surface area contributed by atoms with Gasteiger partial charge in [0, 0.05) is 0 Å². The average Bonchev–Trinajstić information content (AvgIpc) is 2.57. The van der Waals surface area contributed by atoms with Gasteiger partial charge in [-0.3, -0.25) is 0 Å². The Bertz CT molecular complexity index is 454. The number of hydrogen-bond acceptors (Lipinski definition) is 2. The van der Waals surface area contributed by atoms with E-state index in [0.29, 0.717) is 6.61 Å². The van der Waals surface area contributed by atoms with Gasteiger partial charge in [0.2, 0.25) is 0 Å². The van der Waals surface area contributed by atoms with Gasteiger partial charge >= 0.3 is 0 Å². The highest BCUT2D eigenvalue weighted by Gasteiger charge is 2.01. The fourth-order valence-corrected chi connectivity index (χ4v) is 2.15. The predicted molar refractivity (Wildman–Crippen MR) is 92.9 cm³/mol. The largest absolute Gasteiger partial charge is 0.497 e. The molecule has 1 aromatic rings. The lowest BCUT2D eigenvalue weighted by molar-refractivity contribution is 0.107. The van der Waals surface area contributed by atoms with Gasteiger partial charge in [0.15, 0.2) is 0 Å². The zero-order valence-electron chi connectivity index (χ0n) is 13.9. The fraction of sp³-hybridized carbons (Fsp3) is 0.500. The van der Waals surface area contributed by atoms with Gasteiger partial charge in [-0.15, -0.1) is 6.42 Å². The Kier molecular flexibility index (Phi) is 9.90. The lowest BCUT2D eigenvalue weighted by Crippen LogP contribution is -2.06. The SMILES string of the molecule is C#C[C@H](/C=C\CCCCCCC)OCc1ccc(OC)cc1. The Balaban J connectivity index is 2.25. The molecule has 0 heterocycles. The normalized spacial score (nSPS) is 12.2. The van der Waals surface area contributed by atoms with E-state index < -0.39 is 0 Å². The smallest absolute Gasteiger partial charge is 0.136 e. The van der Waals surface area contributed by atoms with Crippen molar-refractivity contribution in [3.8, 4) is 18.1 Å². The lowest BCUT2D eigenvalue weighted by atomic mass is 10.1. The number of allylic oxidation sites excluding steroid dienone is 1. The van der Waals surface area contributed by atoms with Crippen LogP contribution in [-0.2, 0) is 11.3 Å². The van der Waals surface area contributed by atoms with Crippen molar-refractivity contribution >= 4 is 0 Å². The molecule has 0 aliphatic heterocycles. The van der Waals surface area contributed by atoms with E-state index in [1.54, 1.807) is 7.11 Å². The summed E-state index contributed by atoms with van der Waals surface area (Å²) in [4.78, 5) is 0. The molecule has 0 saturated carbocycles. The van der Waals surface area contributed by atoms with Crippen molar-refractivity contribution in [2.45, 2.75) is 58.2 Å². The van der Waals surface area contributed by atoms with Gasteiger partial charge in [-0.05, 0) is 36.6 Å². The maximum Gasteiger partial charge on any atom is 0.136 e. The van der Waals surface area contributed by atoms with Crippen LogP contribution >= 0.6 is 0 Å². The number of hydrogen-bond donors (Lipinski definition) is 0. The molecule has 0 bridgehead atoms. The summed E-state index contributed by atoms with van der Waals surface area (Å²) in [5.41, 5.74) is 1.09. The van der Waals surface area contributed by atoms with Crippen LogP contribution in [0.1, 0.15) is 51.0 Å². The summed E-state index contributed by atoms with van der Waals surface area (Å²) < 4.78 is 10.9. The molecule has 0 fully saturated rings. The van der Waals surface area contributed by atoms with Crippen LogP contribution in [0.2, 0.25) is 0 Å². The number of ether oxygens (including phenoxy) is 2. The Morgan fingerprint density at radius 2 is 1.86 bits per heavy atom. The monoisotopic (exact) mass is 300 g/mol. The van der Waals surface area contributed by atoms with Crippen LogP contribution in [-0.4, -0.2) is 13.2 Å². The quantitative estimate of drug-likeness (QED) is 0.320. The van der Waals surface area contributed by atoms with E-state index in [1.165, 1.54) is 32.1 Å². The molecule has 0 unspecified atom stereocenters. The van der Waals surface area contributed by atoms with Crippen LogP contribution in [0.3, 0.4) is 0 Å². The van der Waals surface area contributed by atoms with Crippen LogP contribution in [0.25, 0.3) is 0 Å². The van der Waals surface area contributed by atoms with Crippen molar-refractivity contribution in [1.29, 1.82) is 0 Å². The Hall–Kier alpha value is -1.72. The Labute approximate surface area is 135 Å². The predicted octanol–water partition coefficient (Wildman–Crippen LogP) is 5.13. The van der Waals surface area contributed by atoms with E-state index >= 15 is 0 Å². The number of benzene rings is 1. The summed E-state index contributed by atoms with van der Waals surface area (Å²) >= 11 is 0. The molecule has 1 rings (SSSR count). The van der Waals surface area contributed by atoms with E-state index in [-0.39, 0.29) is 6.10 Å². The highest BCUT2D eigenvalue weighted by atomic mass is 16.5. The van der Waals surface area contributed by atoms with Crippen LogP contribution in [0.15, 0.2) is 36.4 Å². The van der Waals surface area contributed by atoms with E-state index in [1.807, 2.05) is 30.3 Å². The fourth-order valence-electron chi connectivity index (χ4n) is 2.15. The summed E-state index contributed by atoms with van der Waals surface area (Å²) in [6.45, 7) is 2.75. The van der Waals surface area contributed by atoms with Crippen LogP contribution < -0.4 is 4.74 Å². The number of methoxy groups -OCH3 is 1. The maximum absolute atomic E-state index is 5.73. The Morgan fingerprint density at radius 1 is 1.14 bits per heavy atom. The molecule has 0 saturated heterocycles. The molecule has 1 aromatic carbocycles. The van der Waals surface area contributed by atoms with Gasteiger partial charge < -0.3 is 9.47 Å². The van der Waals surface area contributed by atoms with E-state index in [2.05, 4.69) is 18.9 Å². The molecular formula is C20H28O2. The Morgan fingerprint density at radius 3 is 2.50 bits per heavy atom. The first kappa shape index (κ1) is 18.3. The third-order valence-electron chi connectivity index (χ3n) is 3.54. The van der Waals surface area contributed by atoms with E-state index in [4.69, 9.17) is 15.9 Å². The van der Waals surface area contributed by atoms with Crippen LogP contribution in [0, 0.1) is 12.3 Å². The van der Waals surface area contributed by atoms with Gasteiger partial charge in [-0.25, -0.2) is 0 Å². The third-order valence-corrected chi connectivity index (χ3v) is 3.54. The van der Waals surface area contributed by atoms with Crippen molar-refractivity contribution in [2.24, 2.45) is 0 Å². The lowest BCUT2D eigenvalue weighted by Gasteiger charge is -2.09. The van der Waals surface area contributed by atoms with Gasteiger partial charge in [-0.2, -0.15) is 0 Å². The van der Waals surface area contributed by atoms with Crippen molar-refractivity contribution in [3.05, 3.63) is 42.0 Å². The molecule has 22 heavy (non-hydrogen) atoms. The molecule has 120 valence electrons. The second kappa shape index (κ2) is 11.9. The topological polar surface area (TPSA) is 18.5 Å². The zero-order chi connectivity index (χ0) is 16.0. The van der Waals surface area contributed by atoms with Crippen LogP contribution in [0.5, 0.6) is 5.75 Å². The summed E-state index contributed by atoms with van der Waals surface area (Å²) in [5, 5.41) is 0. The molecule has 0 radical (unpaired) electrons. The summed E-state index contributed by atoms with van der Waals surface area (Å²) in [6, 6.07) is 7.83. The molecule has 0 spiro atoms. The first-order valence-electron chi connectivity index (χ1n) is 8.17. The number of unbranched alkanes of at least 4 members (excludes halogenated alkanes) is 5. The summed E-state index contributed by atoms with van der Waals surface area (Å²) in [5.74, 6) is 3.52. The molecule has 0 aromatic heterocycles. The maximum atomic E-state index is 5.73. The van der Waals surface area contributed by atoms with Crippen molar-refractivity contribution in [1.82, 2.24) is 0 Å². The van der Waals surface area contributed by atoms with Gasteiger partial charge in [0.25, 0.3) is 0 Å². The highest BCUT2D eigenvalue weighted by Crippen LogP contribution is 2.13. The zero-order valence-corrected chi connectivity index (χ0v) is 13.9. The second-order valence-electron chi connectivity index (χ2n) is 5.38. The average molecular weight is 300 g/mol. The first-order valence-corrected chi connectivity index (χ1v) is 8.17. The second-order valence-corrected chi connectivity index (χ2v) is 5.38. The molecular weight excluding hydrogens is 272 g/mol. The summed E-state index contributed by atoms with van der Waals surface area (Å²) in [6.07, 6.45) is 17.0. The minimum Gasteiger partial charge on any atom is -0.497 e. The highest BCUT2D eigenvalue weighted by molar-refractivity contribution is 5.26. The van der Waals surface area contributed by atoms with Crippen molar-refractivity contribution in [2.75, 3.05) is 7.11 Å². The molecule has 0 aliphatic rings. The van der Waals surface area contributed by atoms with Gasteiger partial charge in [0.1, 0.15) is 11.9 Å². The van der Waals surface area contributed by atoms with Crippen LogP contribution in [0.4, 0.5) is 0 Å². The molecule has 2 heteroatoms. The van der Waals surface area contributed by atoms with Gasteiger partial charge in [0.05, 0.1) is 13.7 Å². The molecule has 0 N–H and O–H groups in total. The van der Waals surface area contributed by atoms with Crippen molar-refractivity contribution in [3.63, 3.8) is 0 Å². The third kappa shape index (κ3) is 7.90.